The quantitative estimate of drug-likeness (QED) is 0.493. The summed E-state index contributed by atoms with van der Waals surface area (Å²) in [6, 6.07) is 6.26. The summed E-state index contributed by atoms with van der Waals surface area (Å²) in [5, 5.41) is 7.24. The zero-order chi connectivity index (χ0) is 22.5. The van der Waals surface area contributed by atoms with Crippen molar-refractivity contribution >= 4 is 28.4 Å². The van der Waals surface area contributed by atoms with Crippen LogP contribution in [0.25, 0.3) is 16.6 Å². The van der Waals surface area contributed by atoms with Gasteiger partial charge in [-0.3, -0.25) is 19.1 Å². The minimum Gasteiger partial charge on any atom is -0.408 e. The molecule has 10 heteroatoms. The van der Waals surface area contributed by atoms with Gasteiger partial charge in [0.15, 0.2) is 5.58 Å². The molecule has 3 heterocycles. The number of hydrogen-bond acceptors (Lipinski definition) is 6. The van der Waals surface area contributed by atoms with Crippen LogP contribution in [0.1, 0.15) is 36.2 Å². The summed E-state index contributed by atoms with van der Waals surface area (Å²) in [7, 11) is 1.68. The molecule has 4 aromatic rings. The molecule has 32 heavy (non-hydrogen) atoms. The van der Waals surface area contributed by atoms with Crippen LogP contribution in [-0.2, 0) is 4.79 Å². The molecule has 0 bridgehead atoms. The van der Waals surface area contributed by atoms with Gasteiger partial charge >= 0.3 is 5.76 Å². The molecule has 0 spiro atoms. The molecule has 1 saturated carbocycles. The van der Waals surface area contributed by atoms with E-state index in [1.165, 1.54) is 10.8 Å². The van der Waals surface area contributed by atoms with Crippen molar-refractivity contribution in [1.29, 1.82) is 0 Å². The summed E-state index contributed by atoms with van der Waals surface area (Å²) < 4.78 is 8.21. The van der Waals surface area contributed by atoms with E-state index in [1.807, 2.05) is 0 Å². The van der Waals surface area contributed by atoms with Crippen LogP contribution in [-0.4, -0.2) is 55.0 Å². The first-order chi connectivity index (χ1) is 15.4. The molecule has 164 valence electrons. The molecule has 1 atom stereocenters. The summed E-state index contributed by atoms with van der Waals surface area (Å²) in [6.07, 6.45) is 7.89. The van der Waals surface area contributed by atoms with Crippen molar-refractivity contribution in [3.05, 3.63) is 65.2 Å². The van der Waals surface area contributed by atoms with Crippen LogP contribution >= 0.6 is 0 Å². The van der Waals surface area contributed by atoms with Crippen LogP contribution in [0.2, 0.25) is 0 Å². The third kappa shape index (κ3) is 3.33. The van der Waals surface area contributed by atoms with Gasteiger partial charge in [-0.25, -0.2) is 9.31 Å². The van der Waals surface area contributed by atoms with Gasteiger partial charge in [0, 0.05) is 26.0 Å². The van der Waals surface area contributed by atoms with Gasteiger partial charge in [-0.05, 0) is 31.9 Å². The number of fused-ring (bicyclic) bond motifs is 2. The van der Waals surface area contributed by atoms with Crippen molar-refractivity contribution in [2.24, 2.45) is 0 Å². The number of rotatable bonds is 6. The zero-order valence-corrected chi connectivity index (χ0v) is 17.7. The average Bonchev–Trinajstić information content (AvgIpc) is 3.25. The number of para-hydroxylation sites is 2. The number of nitrogens with zero attached hydrogens (tertiary/aromatic N) is 5. The molecule has 1 aliphatic carbocycles. The first-order valence-corrected chi connectivity index (χ1v) is 10.3. The first-order valence-electron chi connectivity index (χ1n) is 10.3. The lowest BCUT2D eigenvalue weighted by Crippen LogP contribution is -2.48. The van der Waals surface area contributed by atoms with E-state index in [-0.39, 0.29) is 11.8 Å². The van der Waals surface area contributed by atoms with E-state index in [9.17, 15) is 14.4 Å². The Labute approximate surface area is 182 Å². The Bertz CT molecular complexity index is 1400. The predicted molar refractivity (Wildman–Crippen MR) is 115 cm³/mol. The molecule has 1 N–H and O–H groups in total. The van der Waals surface area contributed by atoms with E-state index in [0.717, 1.165) is 12.8 Å². The highest BCUT2D eigenvalue weighted by molar-refractivity contribution is 6.01. The maximum Gasteiger partial charge on any atom is 0.420 e. The molecule has 1 aliphatic rings. The standard InChI is InChI=1S/C22H22N6O4/c1-14(28-16-5-3-4-6-18(16)32-21(28)31)20(30)26(2)13-22(7-8-22)25-19(29)15-11-24-27-10-9-23-12-17(15)27/h3-6,9-12,14H,7-8,13H2,1-2H3,(H,25,29). The van der Waals surface area contributed by atoms with E-state index in [4.69, 9.17) is 4.42 Å². The van der Waals surface area contributed by atoms with Crippen molar-refractivity contribution in [1.82, 2.24) is 29.4 Å². The summed E-state index contributed by atoms with van der Waals surface area (Å²) >= 11 is 0. The molecule has 0 radical (unpaired) electrons. The van der Waals surface area contributed by atoms with Crippen LogP contribution < -0.4 is 11.1 Å². The zero-order valence-electron chi connectivity index (χ0n) is 17.7. The molecule has 3 aromatic heterocycles. The molecule has 0 saturated heterocycles. The van der Waals surface area contributed by atoms with Crippen LogP contribution in [0.15, 0.2) is 58.3 Å². The first kappa shape index (κ1) is 20.0. The number of benzene rings is 1. The Kier molecular flexibility index (Phi) is 4.58. The number of amides is 2. The minimum atomic E-state index is -0.742. The molecular formula is C22H22N6O4. The number of aromatic nitrogens is 4. The van der Waals surface area contributed by atoms with Crippen molar-refractivity contribution in [3.8, 4) is 0 Å². The summed E-state index contributed by atoms with van der Waals surface area (Å²) in [5.74, 6) is -1.06. The highest BCUT2D eigenvalue weighted by atomic mass is 16.4. The lowest BCUT2D eigenvalue weighted by atomic mass is 10.2. The van der Waals surface area contributed by atoms with Crippen molar-refractivity contribution in [2.75, 3.05) is 13.6 Å². The molecule has 1 unspecified atom stereocenters. The van der Waals surface area contributed by atoms with Crippen LogP contribution in [0.4, 0.5) is 0 Å². The van der Waals surface area contributed by atoms with Gasteiger partial charge in [-0.15, -0.1) is 0 Å². The van der Waals surface area contributed by atoms with Gasteiger partial charge in [-0.1, -0.05) is 12.1 Å². The summed E-state index contributed by atoms with van der Waals surface area (Å²) in [4.78, 5) is 44.0. The SMILES string of the molecule is CC(C(=O)N(C)CC1(NC(=O)c2cnn3ccncc23)CC1)n1c(=O)oc2ccccc21. The molecule has 2 amide bonds. The molecule has 10 nitrogen and oxygen atoms in total. The number of nitrogens with one attached hydrogen (secondary N) is 1. The lowest BCUT2D eigenvalue weighted by Gasteiger charge is -2.27. The van der Waals surface area contributed by atoms with Gasteiger partial charge in [0.2, 0.25) is 5.91 Å². The summed E-state index contributed by atoms with van der Waals surface area (Å²) in [5.41, 5.74) is 1.56. The molecule has 1 fully saturated rings. The van der Waals surface area contributed by atoms with E-state index in [0.29, 0.717) is 28.7 Å². The van der Waals surface area contributed by atoms with E-state index < -0.39 is 17.3 Å². The topological polar surface area (TPSA) is 115 Å². The van der Waals surface area contributed by atoms with Crippen LogP contribution in [0.3, 0.4) is 0 Å². The van der Waals surface area contributed by atoms with Crippen LogP contribution in [0, 0.1) is 0 Å². The van der Waals surface area contributed by atoms with E-state index >= 15 is 0 Å². The average molecular weight is 434 g/mol. The Morgan fingerprint density at radius 3 is 2.81 bits per heavy atom. The van der Waals surface area contributed by atoms with Crippen molar-refractivity contribution < 1.29 is 14.0 Å². The second kappa shape index (κ2) is 7.33. The van der Waals surface area contributed by atoms with Crippen molar-refractivity contribution in [2.45, 2.75) is 31.3 Å². The Hall–Kier alpha value is -3.95. The van der Waals surface area contributed by atoms with E-state index in [2.05, 4.69) is 15.4 Å². The normalized spacial score (nSPS) is 15.6. The van der Waals surface area contributed by atoms with E-state index in [1.54, 1.807) is 66.2 Å². The van der Waals surface area contributed by atoms with Gasteiger partial charge in [0.05, 0.1) is 34.5 Å². The molecule has 5 rings (SSSR count). The maximum absolute atomic E-state index is 13.1. The predicted octanol–water partition coefficient (Wildman–Crippen LogP) is 1.62. The minimum absolute atomic E-state index is 0.237. The fourth-order valence-electron chi connectivity index (χ4n) is 4.10. The smallest absolute Gasteiger partial charge is 0.408 e. The Balaban J connectivity index is 1.31. The highest BCUT2D eigenvalue weighted by Gasteiger charge is 2.46. The van der Waals surface area contributed by atoms with Gasteiger partial charge < -0.3 is 14.6 Å². The van der Waals surface area contributed by atoms with Crippen molar-refractivity contribution in [3.63, 3.8) is 0 Å². The largest absolute Gasteiger partial charge is 0.420 e. The summed E-state index contributed by atoms with van der Waals surface area (Å²) in [6.45, 7) is 2.01. The number of carbonyl (C=O) groups excluding carboxylic acids is 2. The fourth-order valence-corrected chi connectivity index (χ4v) is 4.10. The second-order valence-corrected chi connectivity index (χ2v) is 8.27. The molecule has 1 aromatic carbocycles. The lowest BCUT2D eigenvalue weighted by molar-refractivity contribution is -0.133. The third-order valence-corrected chi connectivity index (χ3v) is 5.98. The van der Waals surface area contributed by atoms with Crippen LogP contribution in [0.5, 0.6) is 0 Å². The Morgan fingerprint density at radius 2 is 2.03 bits per heavy atom. The fraction of sp³-hybridized carbons (Fsp3) is 0.318. The third-order valence-electron chi connectivity index (χ3n) is 5.98. The van der Waals surface area contributed by atoms with Gasteiger partial charge in [0.25, 0.3) is 5.91 Å². The molecule has 0 aliphatic heterocycles. The number of likely N-dealkylation sites (N-methyl/N-ethyl adjacent to an activating group) is 1. The van der Waals surface area contributed by atoms with Gasteiger partial charge in [0.1, 0.15) is 6.04 Å². The van der Waals surface area contributed by atoms with Gasteiger partial charge in [-0.2, -0.15) is 5.10 Å². The number of hydrogen-bond donors (Lipinski definition) is 1. The second-order valence-electron chi connectivity index (χ2n) is 8.27. The Morgan fingerprint density at radius 1 is 1.25 bits per heavy atom. The number of oxazole rings is 1. The highest BCUT2D eigenvalue weighted by Crippen LogP contribution is 2.37. The number of carbonyl (C=O) groups is 2. The maximum atomic E-state index is 13.1. The monoisotopic (exact) mass is 434 g/mol. The molecular weight excluding hydrogens is 412 g/mol.